The summed E-state index contributed by atoms with van der Waals surface area (Å²) in [7, 11) is 0. The Bertz CT molecular complexity index is 1370. The average molecular weight is 642 g/mol. The fourth-order valence-corrected chi connectivity index (χ4v) is 5.79. The van der Waals surface area contributed by atoms with Crippen molar-refractivity contribution in [3.05, 3.63) is 76.9 Å². The number of nitrogens with zero attached hydrogens (tertiary/aromatic N) is 2. The highest BCUT2D eigenvalue weighted by molar-refractivity contribution is 9.08. The van der Waals surface area contributed by atoms with Crippen LogP contribution in [0.25, 0.3) is 11.1 Å². The van der Waals surface area contributed by atoms with E-state index in [1.54, 1.807) is 12.1 Å². The number of carbonyl (C=O) groups is 1. The lowest BCUT2D eigenvalue weighted by molar-refractivity contribution is -0.160. The molecule has 1 atom stereocenters. The molecule has 1 fully saturated rings. The molecule has 6 nitrogen and oxygen atoms in total. The van der Waals surface area contributed by atoms with Gasteiger partial charge < -0.3 is 19.5 Å². The Morgan fingerprint density at radius 2 is 1.71 bits per heavy atom. The minimum absolute atomic E-state index is 0.220. The number of piperidine rings is 1. The Morgan fingerprint density at radius 1 is 1.10 bits per heavy atom. The SMILES string of the molecule is Cc1nc(CBr)c(-c2ccc(OCCc3ccc(F)cc3)cc2)c(N2CCC(C)(C)CC2)c1C(OC(C)(C)C)C(=O)O. The number of ether oxygens (including phenoxy) is 2. The van der Waals surface area contributed by atoms with Gasteiger partial charge >= 0.3 is 5.97 Å². The highest BCUT2D eigenvalue weighted by atomic mass is 79.9. The molecule has 1 saturated heterocycles. The van der Waals surface area contributed by atoms with Crippen LogP contribution in [0, 0.1) is 18.2 Å². The lowest BCUT2D eigenvalue weighted by Gasteiger charge is -2.41. The van der Waals surface area contributed by atoms with Crippen LogP contribution in [0.3, 0.4) is 0 Å². The van der Waals surface area contributed by atoms with E-state index < -0.39 is 17.7 Å². The standard InChI is InChI=1S/C34H42BrFN2O4/c1-22-28(31(32(39)40)42-33(2,3)4)30(38-18-16-34(5,6)17-19-38)29(27(21-35)37-22)24-9-13-26(14-10-24)41-20-15-23-7-11-25(36)12-8-23/h7-14,31H,15-21H2,1-6H3,(H,39,40). The maximum absolute atomic E-state index is 13.2. The second kappa shape index (κ2) is 13.1. The first-order chi connectivity index (χ1) is 19.8. The van der Waals surface area contributed by atoms with E-state index in [0.29, 0.717) is 29.6 Å². The Labute approximate surface area is 257 Å². The number of aromatic nitrogens is 1. The molecule has 8 heteroatoms. The summed E-state index contributed by atoms with van der Waals surface area (Å²) in [4.78, 5) is 20.0. The monoisotopic (exact) mass is 640 g/mol. The first-order valence-corrected chi connectivity index (χ1v) is 15.6. The molecule has 226 valence electrons. The van der Waals surface area contributed by atoms with Gasteiger partial charge in [0.1, 0.15) is 11.6 Å². The number of rotatable bonds is 10. The van der Waals surface area contributed by atoms with E-state index in [1.807, 2.05) is 52.0 Å². The molecule has 1 unspecified atom stereocenters. The van der Waals surface area contributed by atoms with Crippen LogP contribution in [0.1, 0.15) is 76.1 Å². The molecule has 3 aromatic rings. The largest absolute Gasteiger partial charge is 0.493 e. The van der Waals surface area contributed by atoms with E-state index in [-0.39, 0.29) is 11.2 Å². The summed E-state index contributed by atoms with van der Waals surface area (Å²) in [6.45, 7) is 14.1. The van der Waals surface area contributed by atoms with Gasteiger partial charge in [0.25, 0.3) is 0 Å². The first-order valence-electron chi connectivity index (χ1n) is 14.5. The second-order valence-electron chi connectivity index (χ2n) is 12.8. The molecule has 2 heterocycles. The van der Waals surface area contributed by atoms with Gasteiger partial charge in [-0.2, -0.15) is 0 Å². The molecular formula is C34H42BrFN2O4. The van der Waals surface area contributed by atoms with Crippen molar-refractivity contribution in [3.8, 4) is 16.9 Å². The van der Waals surface area contributed by atoms with Crippen LogP contribution < -0.4 is 9.64 Å². The van der Waals surface area contributed by atoms with Crippen molar-refractivity contribution in [1.82, 2.24) is 4.98 Å². The molecular weight excluding hydrogens is 599 g/mol. The fraction of sp³-hybridized carbons (Fsp3) is 0.471. The van der Waals surface area contributed by atoms with E-state index in [9.17, 15) is 14.3 Å². The Morgan fingerprint density at radius 3 is 2.26 bits per heavy atom. The smallest absolute Gasteiger partial charge is 0.337 e. The number of aliphatic carboxylic acids is 1. The van der Waals surface area contributed by atoms with Crippen LogP contribution in [-0.2, 0) is 21.3 Å². The highest BCUT2D eigenvalue weighted by Crippen LogP contribution is 2.45. The molecule has 0 saturated carbocycles. The number of halogens is 2. The molecule has 1 aliphatic rings. The zero-order valence-corrected chi connectivity index (χ0v) is 27.1. The summed E-state index contributed by atoms with van der Waals surface area (Å²) < 4.78 is 25.4. The van der Waals surface area contributed by atoms with Crippen molar-refractivity contribution in [1.29, 1.82) is 0 Å². The van der Waals surface area contributed by atoms with Crippen LogP contribution in [0.4, 0.5) is 10.1 Å². The lowest BCUT2D eigenvalue weighted by atomic mass is 9.82. The third kappa shape index (κ3) is 7.90. The van der Waals surface area contributed by atoms with Crippen molar-refractivity contribution in [3.63, 3.8) is 0 Å². The number of carboxylic acid groups (broad SMARTS) is 1. The lowest BCUT2D eigenvalue weighted by Crippen LogP contribution is -2.39. The Kier molecular flexibility index (Phi) is 9.99. The highest BCUT2D eigenvalue weighted by Gasteiger charge is 2.36. The number of pyridine rings is 1. The summed E-state index contributed by atoms with van der Waals surface area (Å²) in [6.07, 6.45) is 1.49. The van der Waals surface area contributed by atoms with Crippen LogP contribution in [0.15, 0.2) is 48.5 Å². The third-order valence-electron chi connectivity index (χ3n) is 7.71. The molecule has 42 heavy (non-hydrogen) atoms. The van der Waals surface area contributed by atoms with E-state index in [1.165, 1.54) is 12.1 Å². The van der Waals surface area contributed by atoms with Gasteiger partial charge in [-0.05, 0) is 81.3 Å². The van der Waals surface area contributed by atoms with E-state index in [2.05, 4.69) is 34.7 Å². The second-order valence-corrected chi connectivity index (χ2v) is 13.3. The third-order valence-corrected chi connectivity index (χ3v) is 8.24. The minimum atomic E-state index is -1.17. The van der Waals surface area contributed by atoms with Gasteiger partial charge in [0.2, 0.25) is 0 Å². The van der Waals surface area contributed by atoms with Crippen LogP contribution in [-0.4, -0.2) is 41.4 Å². The van der Waals surface area contributed by atoms with E-state index in [0.717, 1.165) is 59.8 Å². The molecule has 2 aromatic carbocycles. The average Bonchev–Trinajstić information content (AvgIpc) is 2.92. The van der Waals surface area contributed by atoms with Gasteiger partial charge in [0.15, 0.2) is 6.10 Å². The molecule has 0 bridgehead atoms. The van der Waals surface area contributed by atoms with Crippen molar-refractivity contribution in [2.45, 2.75) is 77.8 Å². The van der Waals surface area contributed by atoms with Gasteiger partial charge in [-0.25, -0.2) is 9.18 Å². The van der Waals surface area contributed by atoms with Gasteiger partial charge in [-0.1, -0.05) is 54.0 Å². The van der Waals surface area contributed by atoms with E-state index in [4.69, 9.17) is 14.5 Å². The minimum Gasteiger partial charge on any atom is -0.493 e. The van der Waals surface area contributed by atoms with Crippen LogP contribution in [0.5, 0.6) is 5.75 Å². The molecule has 0 amide bonds. The quantitative estimate of drug-likeness (QED) is 0.225. The van der Waals surface area contributed by atoms with Crippen molar-refractivity contribution >= 4 is 27.6 Å². The number of carboxylic acids is 1. The number of hydrogen-bond donors (Lipinski definition) is 1. The molecule has 0 aliphatic carbocycles. The Hall–Kier alpha value is -2.97. The maximum atomic E-state index is 13.2. The number of aryl methyl sites for hydroxylation is 1. The van der Waals surface area contributed by atoms with E-state index >= 15 is 0 Å². The van der Waals surface area contributed by atoms with Crippen molar-refractivity contribution in [2.24, 2.45) is 5.41 Å². The molecule has 0 spiro atoms. The fourth-order valence-electron chi connectivity index (χ4n) is 5.38. The maximum Gasteiger partial charge on any atom is 0.337 e. The van der Waals surface area contributed by atoms with Gasteiger partial charge in [0.05, 0.1) is 23.6 Å². The zero-order chi connectivity index (χ0) is 30.7. The predicted octanol–water partition coefficient (Wildman–Crippen LogP) is 8.28. The van der Waals surface area contributed by atoms with Crippen molar-refractivity contribution in [2.75, 3.05) is 24.6 Å². The van der Waals surface area contributed by atoms with Crippen molar-refractivity contribution < 1.29 is 23.8 Å². The molecule has 1 aromatic heterocycles. The summed E-state index contributed by atoms with van der Waals surface area (Å²) >= 11 is 3.65. The summed E-state index contributed by atoms with van der Waals surface area (Å²) in [5, 5.41) is 10.9. The number of benzene rings is 2. The molecule has 1 aliphatic heterocycles. The van der Waals surface area contributed by atoms with Gasteiger partial charge in [-0.15, -0.1) is 0 Å². The zero-order valence-electron chi connectivity index (χ0n) is 25.5. The topological polar surface area (TPSA) is 71.9 Å². The summed E-state index contributed by atoms with van der Waals surface area (Å²) in [5.41, 5.74) is 5.40. The van der Waals surface area contributed by atoms with Gasteiger partial charge in [0, 0.05) is 41.7 Å². The first kappa shape index (κ1) is 32.0. The number of alkyl halides is 1. The predicted molar refractivity (Wildman–Crippen MR) is 169 cm³/mol. The van der Waals surface area contributed by atoms with Crippen LogP contribution >= 0.6 is 15.9 Å². The molecule has 1 N–H and O–H groups in total. The molecule has 0 radical (unpaired) electrons. The van der Waals surface area contributed by atoms with Crippen LogP contribution in [0.2, 0.25) is 0 Å². The summed E-state index contributed by atoms with van der Waals surface area (Å²) in [6, 6.07) is 14.3. The summed E-state index contributed by atoms with van der Waals surface area (Å²) in [5.74, 6) is -0.558. The molecule has 4 rings (SSSR count). The number of hydrogen-bond acceptors (Lipinski definition) is 5. The van der Waals surface area contributed by atoms with Gasteiger partial charge in [-0.3, -0.25) is 4.98 Å². The number of anilines is 1. The Balaban J connectivity index is 1.75. The normalized spacial score (nSPS) is 15.9.